The van der Waals surface area contributed by atoms with Gasteiger partial charge in [0.15, 0.2) is 0 Å². The molecular formula is C18H17ClN2. The highest BCUT2D eigenvalue weighted by Gasteiger charge is 2.15. The van der Waals surface area contributed by atoms with Crippen LogP contribution in [0.1, 0.15) is 17.2 Å². The SMILES string of the molecule is CNC(Cc1ccccc1Cl)c1cccc2cccnc12. The van der Waals surface area contributed by atoms with Gasteiger partial charge >= 0.3 is 0 Å². The van der Waals surface area contributed by atoms with Crippen LogP contribution in [0.3, 0.4) is 0 Å². The van der Waals surface area contributed by atoms with E-state index in [4.69, 9.17) is 11.6 Å². The van der Waals surface area contributed by atoms with Gasteiger partial charge in [0.25, 0.3) is 0 Å². The topological polar surface area (TPSA) is 24.9 Å². The van der Waals surface area contributed by atoms with Crippen molar-refractivity contribution in [1.82, 2.24) is 10.3 Å². The molecule has 0 amide bonds. The van der Waals surface area contributed by atoms with Crippen LogP contribution in [0.2, 0.25) is 5.02 Å². The Bertz CT molecular complexity index is 750. The maximum atomic E-state index is 6.29. The number of aromatic nitrogens is 1. The number of halogens is 1. The van der Waals surface area contributed by atoms with E-state index in [1.54, 1.807) is 0 Å². The Labute approximate surface area is 129 Å². The minimum absolute atomic E-state index is 0.184. The number of rotatable bonds is 4. The number of likely N-dealkylation sites (N-methyl/N-ethyl adjacent to an activating group) is 1. The summed E-state index contributed by atoms with van der Waals surface area (Å²) in [4.78, 5) is 4.54. The summed E-state index contributed by atoms with van der Waals surface area (Å²) in [5, 5.41) is 5.36. The van der Waals surface area contributed by atoms with E-state index >= 15 is 0 Å². The number of nitrogens with one attached hydrogen (secondary N) is 1. The Morgan fingerprint density at radius 3 is 2.67 bits per heavy atom. The molecule has 21 heavy (non-hydrogen) atoms. The minimum atomic E-state index is 0.184. The van der Waals surface area contributed by atoms with E-state index in [-0.39, 0.29) is 6.04 Å². The zero-order valence-electron chi connectivity index (χ0n) is 11.9. The minimum Gasteiger partial charge on any atom is -0.313 e. The largest absolute Gasteiger partial charge is 0.313 e. The van der Waals surface area contributed by atoms with Gasteiger partial charge in [-0.1, -0.05) is 54.1 Å². The number of nitrogens with zero attached hydrogens (tertiary/aromatic N) is 1. The summed E-state index contributed by atoms with van der Waals surface area (Å²) in [6, 6.07) is 18.5. The van der Waals surface area contributed by atoms with Crippen molar-refractivity contribution < 1.29 is 0 Å². The van der Waals surface area contributed by atoms with Gasteiger partial charge < -0.3 is 5.32 Å². The van der Waals surface area contributed by atoms with Crippen LogP contribution >= 0.6 is 11.6 Å². The summed E-state index contributed by atoms with van der Waals surface area (Å²) >= 11 is 6.29. The molecular weight excluding hydrogens is 280 g/mol. The summed E-state index contributed by atoms with van der Waals surface area (Å²) < 4.78 is 0. The molecule has 0 saturated carbocycles. The third-order valence-corrected chi connectivity index (χ3v) is 4.14. The fourth-order valence-electron chi connectivity index (χ4n) is 2.66. The van der Waals surface area contributed by atoms with Crippen LogP contribution in [0.4, 0.5) is 0 Å². The predicted molar refractivity (Wildman–Crippen MR) is 88.7 cm³/mol. The fraction of sp³-hybridized carbons (Fsp3) is 0.167. The Hall–Kier alpha value is -1.90. The van der Waals surface area contributed by atoms with Crippen LogP contribution in [-0.2, 0) is 6.42 Å². The van der Waals surface area contributed by atoms with Crippen LogP contribution in [0, 0.1) is 0 Å². The molecule has 0 aliphatic heterocycles. The van der Waals surface area contributed by atoms with Crippen LogP contribution in [-0.4, -0.2) is 12.0 Å². The van der Waals surface area contributed by atoms with Crippen molar-refractivity contribution in [3.8, 4) is 0 Å². The average Bonchev–Trinajstić information content (AvgIpc) is 2.54. The number of hydrogen-bond acceptors (Lipinski definition) is 2. The van der Waals surface area contributed by atoms with Gasteiger partial charge in [-0.2, -0.15) is 0 Å². The third-order valence-electron chi connectivity index (χ3n) is 3.77. The van der Waals surface area contributed by atoms with E-state index in [1.807, 2.05) is 37.5 Å². The lowest BCUT2D eigenvalue weighted by molar-refractivity contribution is 0.595. The molecule has 3 aromatic rings. The van der Waals surface area contributed by atoms with Crippen LogP contribution < -0.4 is 5.32 Å². The highest BCUT2D eigenvalue weighted by atomic mass is 35.5. The van der Waals surface area contributed by atoms with Crippen molar-refractivity contribution in [3.05, 3.63) is 76.9 Å². The highest BCUT2D eigenvalue weighted by Crippen LogP contribution is 2.27. The zero-order valence-corrected chi connectivity index (χ0v) is 12.6. The molecule has 0 saturated heterocycles. The van der Waals surface area contributed by atoms with Crippen molar-refractivity contribution in [2.75, 3.05) is 7.05 Å². The second-order valence-electron chi connectivity index (χ2n) is 5.06. The molecule has 3 rings (SSSR count). The standard InChI is InChI=1S/C18H17ClN2/c1-20-17(12-14-6-2-3-10-16(14)19)15-9-4-7-13-8-5-11-21-18(13)15/h2-11,17,20H,12H2,1H3. The molecule has 106 valence electrons. The quantitative estimate of drug-likeness (QED) is 0.772. The zero-order chi connectivity index (χ0) is 14.7. The Kier molecular flexibility index (Phi) is 4.18. The normalized spacial score (nSPS) is 12.5. The van der Waals surface area contributed by atoms with E-state index < -0.39 is 0 Å². The van der Waals surface area contributed by atoms with Crippen molar-refractivity contribution in [2.45, 2.75) is 12.5 Å². The summed E-state index contributed by atoms with van der Waals surface area (Å²) in [6.45, 7) is 0. The van der Waals surface area contributed by atoms with Crippen LogP contribution in [0.25, 0.3) is 10.9 Å². The molecule has 0 aliphatic rings. The average molecular weight is 297 g/mol. The van der Waals surface area contributed by atoms with Gasteiger partial charge in [0.1, 0.15) is 0 Å². The molecule has 2 aromatic carbocycles. The van der Waals surface area contributed by atoms with Gasteiger partial charge in [-0.15, -0.1) is 0 Å². The molecule has 1 unspecified atom stereocenters. The van der Waals surface area contributed by atoms with Gasteiger partial charge in [-0.3, -0.25) is 4.98 Å². The molecule has 0 aliphatic carbocycles. The lowest BCUT2D eigenvalue weighted by Crippen LogP contribution is -2.19. The van der Waals surface area contributed by atoms with Gasteiger partial charge in [-0.05, 0) is 36.7 Å². The first kappa shape index (κ1) is 14.1. The van der Waals surface area contributed by atoms with E-state index in [9.17, 15) is 0 Å². The van der Waals surface area contributed by atoms with E-state index in [1.165, 1.54) is 5.56 Å². The predicted octanol–water partition coefficient (Wildman–Crippen LogP) is 4.39. The molecule has 0 radical (unpaired) electrons. The maximum absolute atomic E-state index is 6.29. The smallest absolute Gasteiger partial charge is 0.0749 e. The molecule has 1 N–H and O–H groups in total. The molecule has 3 heteroatoms. The molecule has 1 atom stereocenters. The first-order chi connectivity index (χ1) is 10.3. The number of para-hydroxylation sites is 1. The second-order valence-corrected chi connectivity index (χ2v) is 5.47. The highest BCUT2D eigenvalue weighted by molar-refractivity contribution is 6.31. The fourth-order valence-corrected chi connectivity index (χ4v) is 2.87. The summed E-state index contributed by atoms with van der Waals surface area (Å²) in [6.07, 6.45) is 2.68. The van der Waals surface area contributed by atoms with Crippen LogP contribution in [0.5, 0.6) is 0 Å². The van der Waals surface area contributed by atoms with Crippen molar-refractivity contribution in [1.29, 1.82) is 0 Å². The first-order valence-corrected chi connectivity index (χ1v) is 7.41. The monoisotopic (exact) mass is 296 g/mol. The molecule has 1 aromatic heterocycles. The third kappa shape index (κ3) is 2.92. The van der Waals surface area contributed by atoms with E-state index in [0.717, 1.165) is 27.9 Å². The number of pyridine rings is 1. The van der Waals surface area contributed by atoms with E-state index in [2.05, 4.69) is 40.6 Å². The van der Waals surface area contributed by atoms with Crippen molar-refractivity contribution >= 4 is 22.5 Å². The molecule has 2 nitrogen and oxygen atoms in total. The van der Waals surface area contributed by atoms with Gasteiger partial charge in [0.2, 0.25) is 0 Å². The number of hydrogen-bond donors (Lipinski definition) is 1. The first-order valence-electron chi connectivity index (χ1n) is 7.04. The molecule has 0 fully saturated rings. The van der Waals surface area contributed by atoms with Crippen molar-refractivity contribution in [3.63, 3.8) is 0 Å². The molecule has 1 heterocycles. The van der Waals surface area contributed by atoms with Crippen LogP contribution in [0.15, 0.2) is 60.8 Å². The maximum Gasteiger partial charge on any atom is 0.0749 e. The lowest BCUT2D eigenvalue weighted by atomic mass is 9.96. The van der Waals surface area contributed by atoms with Gasteiger partial charge in [0.05, 0.1) is 5.52 Å². The second kappa shape index (κ2) is 6.25. The number of fused-ring (bicyclic) bond motifs is 1. The van der Waals surface area contributed by atoms with Crippen molar-refractivity contribution in [2.24, 2.45) is 0 Å². The molecule has 0 spiro atoms. The Morgan fingerprint density at radius 1 is 1.05 bits per heavy atom. The van der Waals surface area contributed by atoms with Gasteiger partial charge in [0, 0.05) is 22.6 Å². The summed E-state index contributed by atoms with van der Waals surface area (Å²) in [5.74, 6) is 0. The lowest BCUT2D eigenvalue weighted by Gasteiger charge is -2.19. The Morgan fingerprint density at radius 2 is 1.86 bits per heavy atom. The Balaban J connectivity index is 2.01. The van der Waals surface area contributed by atoms with E-state index in [0.29, 0.717) is 0 Å². The summed E-state index contributed by atoms with van der Waals surface area (Å²) in [7, 11) is 1.98. The molecule has 0 bridgehead atoms. The van der Waals surface area contributed by atoms with Gasteiger partial charge in [-0.25, -0.2) is 0 Å². The number of benzene rings is 2. The summed E-state index contributed by atoms with van der Waals surface area (Å²) in [5.41, 5.74) is 3.40.